The highest BCUT2D eigenvalue weighted by Crippen LogP contribution is 2.40. The first-order valence-corrected chi connectivity index (χ1v) is 17.4. The van der Waals surface area contributed by atoms with Gasteiger partial charge in [0, 0.05) is 47.0 Å². The van der Waals surface area contributed by atoms with E-state index in [4.69, 9.17) is 9.73 Å². The molecule has 252 valence electrons. The van der Waals surface area contributed by atoms with Crippen LogP contribution in [-0.4, -0.2) is 46.0 Å². The molecule has 0 saturated carbocycles. The molecule has 9 nitrogen and oxygen atoms in total. The number of hydrogen-bond donors (Lipinski definition) is 1. The van der Waals surface area contributed by atoms with Crippen LogP contribution in [0.5, 0.6) is 5.75 Å². The number of anilines is 1. The quantitative estimate of drug-likeness (QED) is 0.207. The monoisotopic (exact) mass is 683 g/mol. The van der Waals surface area contributed by atoms with Gasteiger partial charge in [0.15, 0.2) is 4.80 Å². The molecule has 1 atom stereocenters. The topological polar surface area (TPSA) is 97.9 Å². The highest BCUT2D eigenvalue weighted by molar-refractivity contribution is 7.07. The first-order valence-electron chi connectivity index (χ1n) is 16.6. The van der Waals surface area contributed by atoms with Gasteiger partial charge in [-0.15, -0.1) is 0 Å². The van der Waals surface area contributed by atoms with Gasteiger partial charge in [-0.1, -0.05) is 78.1 Å². The molecule has 2 aromatic heterocycles. The number of benzene rings is 4. The van der Waals surface area contributed by atoms with Crippen LogP contribution in [0.3, 0.4) is 0 Å². The lowest BCUT2D eigenvalue weighted by molar-refractivity contribution is -0.127. The van der Waals surface area contributed by atoms with Gasteiger partial charge >= 0.3 is 0 Å². The van der Waals surface area contributed by atoms with Crippen LogP contribution >= 0.6 is 11.3 Å². The Kier molecular flexibility index (Phi) is 8.95. The molecule has 10 heteroatoms. The first kappa shape index (κ1) is 32.8. The highest BCUT2D eigenvalue weighted by Gasteiger charge is 2.36. The first-order chi connectivity index (χ1) is 24.3. The summed E-state index contributed by atoms with van der Waals surface area (Å²) in [6, 6.07) is 28.2. The standard InChI is InChI=1S/C40H37N5O4S/c1-5-43(6-2)39(48)35-25(3)41-40-45(37(35)36-30-18-11-10-14-26(30)20-21-32(36)49-4)38(47)33(50-40)22-27-23-44(31-19-13-12-17-29(27)31)24-34(46)42-28-15-8-7-9-16-28/h7-23,37H,5-6,24H2,1-4H3,(H,42,46)/b33-22+/t37-/m1/s1. The highest BCUT2D eigenvalue weighted by atomic mass is 32.1. The second-order valence-corrected chi connectivity index (χ2v) is 13.1. The second kappa shape index (κ2) is 13.6. The molecule has 2 amide bonds. The van der Waals surface area contributed by atoms with Crippen molar-refractivity contribution >= 4 is 56.6 Å². The molecule has 0 spiro atoms. The molecular formula is C40H37N5O4S. The largest absolute Gasteiger partial charge is 0.496 e. The van der Waals surface area contributed by atoms with Crippen LogP contribution in [-0.2, 0) is 16.1 Å². The minimum atomic E-state index is -0.773. The molecule has 0 saturated heterocycles. The molecule has 0 bridgehead atoms. The molecule has 6 aromatic rings. The van der Waals surface area contributed by atoms with Crippen molar-refractivity contribution in [2.45, 2.75) is 33.4 Å². The summed E-state index contributed by atoms with van der Waals surface area (Å²) in [5, 5.41) is 5.72. The molecule has 0 radical (unpaired) electrons. The van der Waals surface area contributed by atoms with Crippen molar-refractivity contribution in [3.8, 4) is 5.75 Å². The van der Waals surface area contributed by atoms with Crippen LogP contribution in [0, 0.1) is 0 Å². The third-order valence-corrected chi connectivity index (χ3v) is 10.2. The van der Waals surface area contributed by atoms with Gasteiger partial charge in [0.2, 0.25) is 5.91 Å². The van der Waals surface area contributed by atoms with Crippen molar-refractivity contribution in [3.63, 3.8) is 0 Å². The van der Waals surface area contributed by atoms with E-state index in [2.05, 4.69) is 5.32 Å². The maximum atomic E-state index is 14.7. The Morgan fingerprint density at radius 2 is 1.64 bits per heavy atom. The van der Waals surface area contributed by atoms with Crippen molar-refractivity contribution in [1.82, 2.24) is 14.0 Å². The maximum Gasteiger partial charge on any atom is 0.271 e. The third-order valence-electron chi connectivity index (χ3n) is 9.20. The van der Waals surface area contributed by atoms with Crippen LogP contribution < -0.4 is 24.9 Å². The molecule has 3 heterocycles. The Bertz CT molecular complexity index is 2490. The van der Waals surface area contributed by atoms with Gasteiger partial charge < -0.3 is 19.5 Å². The number of likely N-dealkylation sites (N-methyl/N-ethyl adjacent to an activating group) is 1. The zero-order chi connectivity index (χ0) is 34.9. The summed E-state index contributed by atoms with van der Waals surface area (Å²) in [4.78, 5) is 49.1. The second-order valence-electron chi connectivity index (χ2n) is 12.1. The van der Waals surface area contributed by atoms with E-state index in [0.717, 1.165) is 38.5 Å². The van der Waals surface area contributed by atoms with Crippen molar-refractivity contribution in [3.05, 3.63) is 139 Å². The molecular weight excluding hydrogens is 647 g/mol. The number of carbonyl (C=O) groups is 2. The zero-order valence-corrected chi connectivity index (χ0v) is 29.2. The fraction of sp³-hybridized carbons (Fsp3) is 0.200. The number of aromatic nitrogens is 2. The SMILES string of the molecule is CCN(CC)C(=O)C1=C(C)N=c2s/c(=C/c3cn(CC(=O)Nc4ccccc4)c4ccccc34)c(=O)n2[C@H]1c1c(OC)ccc2ccccc12. The number of rotatable bonds is 9. The van der Waals surface area contributed by atoms with Gasteiger partial charge in [-0.3, -0.25) is 19.0 Å². The molecule has 0 unspecified atom stereocenters. The summed E-state index contributed by atoms with van der Waals surface area (Å²) in [6.45, 7) is 6.87. The predicted molar refractivity (Wildman–Crippen MR) is 199 cm³/mol. The minimum Gasteiger partial charge on any atom is -0.496 e. The van der Waals surface area contributed by atoms with Crippen LogP contribution in [0.2, 0.25) is 0 Å². The Labute approximate surface area is 293 Å². The van der Waals surface area contributed by atoms with Crippen LogP contribution in [0.4, 0.5) is 5.69 Å². The van der Waals surface area contributed by atoms with E-state index >= 15 is 0 Å². The van der Waals surface area contributed by atoms with Crippen molar-refractivity contribution < 1.29 is 14.3 Å². The van der Waals surface area contributed by atoms with E-state index in [-0.39, 0.29) is 23.9 Å². The zero-order valence-electron chi connectivity index (χ0n) is 28.3. The number of ether oxygens (including phenoxy) is 1. The Morgan fingerprint density at radius 3 is 2.38 bits per heavy atom. The van der Waals surface area contributed by atoms with Gasteiger partial charge in [0.25, 0.3) is 11.5 Å². The van der Waals surface area contributed by atoms with Crippen LogP contribution in [0.15, 0.2) is 118 Å². The number of para-hydroxylation sites is 2. The molecule has 50 heavy (non-hydrogen) atoms. The maximum absolute atomic E-state index is 14.7. The molecule has 4 aromatic carbocycles. The summed E-state index contributed by atoms with van der Waals surface area (Å²) < 4.78 is 9.94. The third kappa shape index (κ3) is 5.81. The van der Waals surface area contributed by atoms with Crippen molar-refractivity contribution in [2.75, 3.05) is 25.5 Å². The molecule has 7 rings (SSSR count). The Hall–Kier alpha value is -5.74. The summed E-state index contributed by atoms with van der Waals surface area (Å²) in [7, 11) is 1.61. The lowest BCUT2D eigenvalue weighted by Gasteiger charge is -2.30. The molecule has 0 fully saturated rings. The van der Waals surface area contributed by atoms with Gasteiger partial charge in [-0.2, -0.15) is 0 Å². The summed E-state index contributed by atoms with van der Waals surface area (Å²) in [5.41, 5.74) is 3.89. The number of carbonyl (C=O) groups excluding carboxylic acids is 2. The number of amides is 2. The van der Waals surface area contributed by atoms with Gasteiger partial charge in [0.1, 0.15) is 18.3 Å². The number of nitrogens with zero attached hydrogens (tertiary/aromatic N) is 4. The summed E-state index contributed by atoms with van der Waals surface area (Å²) >= 11 is 1.28. The van der Waals surface area contributed by atoms with E-state index in [1.165, 1.54) is 11.3 Å². The van der Waals surface area contributed by atoms with E-state index in [0.29, 0.717) is 39.4 Å². The molecule has 0 aliphatic carbocycles. The number of hydrogen-bond acceptors (Lipinski definition) is 6. The molecule has 1 N–H and O–H groups in total. The Balaban J connectivity index is 1.40. The number of fused-ring (bicyclic) bond motifs is 3. The number of allylic oxidation sites excluding steroid dienone is 1. The number of methoxy groups -OCH3 is 1. The average Bonchev–Trinajstić information content (AvgIpc) is 3.63. The Morgan fingerprint density at radius 1 is 0.940 bits per heavy atom. The van der Waals surface area contributed by atoms with Crippen LogP contribution in [0.25, 0.3) is 27.8 Å². The summed E-state index contributed by atoms with van der Waals surface area (Å²) in [5.74, 6) is 0.259. The lowest BCUT2D eigenvalue weighted by Crippen LogP contribution is -2.43. The minimum absolute atomic E-state index is 0.0986. The van der Waals surface area contributed by atoms with Crippen LogP contribution in [0.1, 0.15) is 37.9 Å². The fourth-order valence-electron chi connectivity index (χ4n) is 6.82. The number of thiazole rings is 1. The van der Waals surface area contributed by atoms with E-state index < -0.39 is 6.04 Å². The fourth-order valence-corrected chi connectivity index (χ4v) is 7.86. The van der Waals surface area contributed by atoms with Crippen molar-refractivity contribution in [2.24, 2.45) is 4.99 Å². The number of nitrogens with one attached hydrogen (secondary N) is 1. The van der Waals surface area contributed by atoms with E-state index in [9.17, 15) is 14.4 Å². The average molecular weight is 684 g/mol. The predicted octanol–water partition coefficient (Wildman–Crippen LogP) is 5.86. The normalized spacial score (nSPS) is 14.5. The van der Waals surface area contributed by atoms with Gasteiger partial charge in [-0.05, 0) is 61.9 Å². The molecule has 1 aliphatic rings. The smallest absolute Gasteiger partial charge is 0.271 e. The van der Waals surface area contributed by atoms with Crippen molar-refractivity contribution in [1.29, 1.82) is 0 Å². The van der Waals surface area contributed by atoms with E-state index in [1.54, 1.807) is 16.6 Å². The summed E-state index contributed by atoms with van der Waals surface area (Å²) in [6.07, 6.45) is 3.76. The van der Waals surface area contributed by atoms with Gasteiger partial charge in [-0.25, -0.2) is 4.99 Å². The van der Waals surface area contributed by atoms with Gasteiger partial charge in [0.05, 0.1) is 22.9 Å². The molecule has 1 aliphatic heterocycles. The van der Waals surface area contributed by atoms with E-state index in [1.807, 2.05) is 129 Å². The lowest BCUT2D eigenvalue weighted by atomic mass is 9.90.